The zero-order chi connectivity index (χ0) is 24.4. The van der Waals surface area contributed by atoms with Crippen LogP contribution in [-0.4, -0.2) is 71.3 Å². The molecular weight excluding hydrogens is 422 g/mol. The van der Waals surface area contributed by atoms with Gasteiger partial charge in [0.05, 0.1) is 18.2 Å². The van der Waals surface area contributed by atoms with E-state index in [0.717, 1.165) is 11.1 Å². The maximum absolute atomic E-state index is 13.2. The normalized spacial score (nSPS) is 17.8. The Morgan fingerprint density at radius 1 is 1.15 bits per heavy atom. The van der Waals surface area contributed by atoms with Gasteiger partial charge in [0.1, 0.15) is 11.5 Å². The molecule has 2 heterocycles. The summed E-state index contributed by atoms with van der Waals surface area (Å²) in [6.45, 7) is 8.14. The smallest absolute Gasteiger partial charge is 0.355 e. The third kappa shape index (κ3) is 4.57. The standard InChI is InChI=1S/C25H31N3O5/c1-7-33-25(32)20-15(3)18(16(4)26-20)22(29)19-21(17-10-8-14(2)9-11-17)28(13-12-27(5)6)24(31)23(19)30/h8-11,21,26,29H,7,12-13H2,1-6H3/t21-/m1/s1. The van der Waals surface area contributed by atoms with Crippen LogP contribution in [0.2, 0.25) is 0 Å². The Morgan fingerprint density at radius 3 is 2.36 bits per heavy atom. The summed E-state index contributed by atoms with van der Waals surface area (Å²) in [4.78, 5) is 44.9. The van der Waals surface area contributed by atoms with Gasteiger partial charge in [-0.3, -0.25) is 9.59 Å². The highest BCUT2D eigenvalue weighted by Gasteiger charge is 2.46. The van der Waals surface area contributed by atoms with Crippen LogP contribution in [0.3, 0.4) is 0 Å². The number of benzene rings is 1. The van der Waals surface area contributed by atoms with E-state index in [-0.39, 0.29) is 23.6 Å². The van der Waals surface area contributed by atoms with Crippen molar-refractivity contribution in [2.45, 2.75) is 33.7 Å². The largest absolute Gasteiger partial charge is 0.507 e. The fourth-order valence-corrected chi connectivity index (χ4v) is 4.16. The molecule has 1 aliphatic heterocycles. The Hall–Kier alpha value is -3.39. The van der Waals surface area contributed by atoms with Gasteiger partial charge in [0.15, 0.2) is 0 Å². The number of aromatic nitrogens is 1. The zero-order valence-corrected chi connectivity index (χ0v) is 20.0. The number of likely N-dealkylation sites (N-methyl/N-ethyl adjacent to an activating group) is 1. The van der Waals surface area contributed by atoms with Gasteiger partial charge in [-0.05, 0) is 52.9 Å². The molecule has 1 fully saturated rings. The molecule has 3 rings (SSSR count). The number of carbonyl (C=O) groups excluding carboxylic acids is 3. The number of rotatable bonds is 7. The fourth-order valence-electron chi connectivity index (χ4n) is 4.16. The Labute approximate surface area is 193 Å². The number of nitrogens with zero attached hydrogens (tertiary/aromatic N) is 2. The molecule has 2 N–H and O–H groups in total. The van der Waals surface area contributed by atoms with Crippen LogP contribution in [0, 0.1) is 20.8 Å². The van der Waals surface area contributed by atoms with Crippen molar-refractivity contribution in [3.8, 4) is 0 Å². The molecule has 1 amide bonds. The number of aryl methyl sites for hydroxylation is 2. The second-order valence-electron chi connectivity index (χ2n) is 8.55. The third-order valence-electron chi connectivity index (χ3n) is 5.88. The second kappa shape index (κ2) is 9.62. The molecule has 0 bridgehead atoms. The van der Waals surface area contributed by atoms with Crippen molar-refractivity contribution < 1.29 is 24.2 Å². The molecule has 1 aliphatic rings. The topological polar surface area (TPSA) is 103 Å². The maximum Gasteiger partial charge on any atom is 0.355 e. The Bertz CT molecular complexity index is 1110. The van der Waals surface area contributed by atoms with Crippen LogP contribution in [0.25, 0.3) is 5.76 Å². The molecule has 8 heteroatoms. The summed E-state index contributed by atoms with van der Waals surface area (Å²) in [6, 6.07) is 6.82. The number of nitrogens with one attached hydrogen (secondary N) is 1. The minimum Gasteiger partial charge on any atom is -0.507 e. The number of Topliss-reactive ketones (excluding diaryl/α,β-unsaturated/α-hetero) is 1. The molecule has 0 saturated carbocycles. The minimum absolute atomic E-state index is 0.0169. The molecule has 0 radical (unpaired) electrons. The Balaban J connectivity index is 2.19. The van der Waals surface area contributed by atoms with E-state index in [2.05, 4.69) is 4.98 Å². The molecule has 0 unspecified atom stereocenters. The first-order valence-corrected chi connectivity index (χ1v) is 10.9. The van der Waals surface area contributed by atoms with Gasteiger partial charge < -0.3 is 24.6 Å². The molecular formula is C25H31N3O5. The van der Waals surface area contributed by atoms with E-state index in [1.807, 2.05) is 50.2 Å². The van der Waals surface area contributed by atoms with Crippen molar-refractivity contribution in [1.82, 2.24) is 14.8 Å². The molecule has 1 saturated heterocycles. The highest BCUT2D eigenvalue weighted by Crippen LogP contribution is 2.40. The highest BCUT2D eigenvalue weighted by molar-refractivity contribution is 6.46. The first-order chi connectivity index (χ1) is 15.6. The second-order valence-corrected chi connectivity index (χ2v) is 8.55. The molecule has 176 valence electrons. The summed E-state index contributed by atoms with van der Waals surface area (Å²) in [7, 11) is 3.78. The van der Waals surface area contributed by atoms with Crippen LogP contribution in [-0.2, 0) is 14.3 Å². The lowest BCUT2D eigenvalue weighted by Gasteiger charge is -2.26. The number of ether oxygens (including phenoxy) is 1. The van der Waals surface area contributed by atoms with Gasteiger partial charge in [-0.2, -0.15) is 0 Å². The maximum atomic E-state index is 13.2. The lowest BCUT2D eigenvalue weighted by atomic mass is 9.93. The first-order valence-electron chi connectivity index (χ1n) is 10.9. The number of aliphatic hydroxyl groups is 1. The summed E-state index contributed by atoms with van der Waals surface area (Å²) in [5.41, 5.74) is 3.31. The quantitative estimate of drug-likeness (QED) is 0.289. The summed E-state index contributed by atoms with van der Waals surface area (Å²) in [6.07, 6.45) is 0. The number of likely N-dealkylation sites (tertiary alicyclic amines) is 1. The molecule has 33 heavy (non-hydrogen) atoms. The van der Waals surface area contributed by atoms with E-state index in [1.54, 1.807) is 20.8 Å². The molecule has 8 nitrogen and oxygen atoms in total. The summed E-state index contributed by atoms with van der Waals surface area (Å²) < 4.78 is 5.09. The predicted octanol–water partition coefficient (Wildman–Crippen LogP) is 3.10. The number of ketones is 1. The summed E-state index contributed by atoms with van der Waals surface area (Å²) in [5.74, 6) is -2.23. The SMILES string of the molecule is CCOC(=O)c1[nH]c(C)c(C(O)=C2C(=O)C(=O)N(CCN(C)C)[C@@H]2c2ccc(C)cc2)c1C. The molecule has 1 atom stereocenters. The van der Waals surface area contributed by atoms with E-state index in [9.17, 15) is 19.5 Å². The fraction of sp³-hybridized carbons (Fsp3) is 0.400. The Morgan fingerprint density at radius 2 is 1.79 bits per heavy atom. The van der Waals surface area contributed by atoms with Gasteiger partial charge in [-0.15, -0.1) is 0 Å². The van der Waals surface area contributed by atoms with Gasteiger partial charge >= 0.3 is 5.97 Å². The van der Waals surface area contributed by atoms with Crippen molar-refractivity contribution in [3.63, 3.8) is 0 Å². The van der Waals surface area contributed by atoms with Crippen LogP contribution < -0.4 is 0 Å². The van der Waals surface area contributed by atoms with Gasteiger partial charge in [-0.1, -0.05) is 29.8 Å². The first kappa shape index (κ1) is 24.3. The number of carbonyl (C=O) groups is 3. The molecule has 2 aromatic rings. The Kier molecular flexibility index (Phi) is 7.07. The number of aliphatic hydroxyl groups excluding tert-OH is 1. The van der Waals surface area contributed by atoms with Crippen molar-refractivity contribution in [1.29, 1.82) is 0 Å². The van der Waals surface area contributed by atoms with Crippen molar-refractivity contribution >= 4 is 23.4 Å². The highest BCUT2D eigenvalue weighted by atomic mass is 16.5. The van der Waals surface area contributed by atoms with E-state index >= 15 is 0 Å². The van der Waals surface area contributed by atoms with Gasteiger partial charge in [0.2, 0.25) is 0 Å². The van der Waals surface area contributed by atoms with Crippen LogP contribution in [0.1, 0.15) is 51.4 Å². The number of amides is 1. The van der Waals surface area contributed by atoms with E-state index in [4.69, 9.17) is 4.74 Å². The molecule has 1 aromatic heterocycles. The average molecular weight is 454 g/mol. The molecule has 0 spiro atoms. The van der Waals surface area contributed by atoms with Crippen LogP contribution in [0.15, 0.2) is 29.8 Å². The monoisotopic (exact) mass is 453 g/mol. The predicted molar refractivity (Wildman–Crippen MR) is 125 cm³/mol. The summed E-state index contributed by atoms with van der Waals surface area (Å²) >= 11 is 0. The van der Waals surface area contributed by atoms with Gasteiger partial charge in [0, 0.05) is 24.3 Å². The molecule has 1 aromatic carbocycles. The lowest BCUT2D eigenvalue weighted by molar-refractivity contribution is -0.140. The number of hydrogen-bond acceptors (Lipinski definition) is 6. The third-order valence-corrected chi connectivity index (χ3v) is 5.88. The minimum atomic E-state index is -0.741. The number of H-pyrrole nitrogens is 1. The van der Waals surface area contributed by atoms with E-state index in [1.165, 1.54) is 4.90 Å². The summed E-state index contributed by atoms with van der Waals surface area (Å²) in [5, 5.41) is 11.4. The average Bonchev–Trinajstić information content (AvgIpc) is 3.19. The van der Waals surface area contributed by atoms with Crippen molar-refractivity contribution in [2.75, 3.05) is 33.8 Å². The van der Waals surface area contributed by atoms with E-state index < -0.39 is 23.7 Å². The lowest BCUT2D eigenvalue weighted by Crippen LogP contribution is -2.35. The number of hydrogen-bond donors (Lipinski definition) is 2. The zero-order valence-electron chi connectivity index (χ0n) is 20.0. The number of aromatic amines is 1. The van der Waals surface area contributed by atoms with Gasteiger partial charge in [0.25, 0.3) is 11.7 Å². The van der Waals surface area contributed by atoms with Gasteiger partial charge in [-0.25, -0.2) is 4.79 Å². The van der Waals surface area contributed by atoms with Crippen molar-refractivity contribution in [3.05, 3.63) is 63.5 Å². The van der Waals surface area contributed by atoms with Crippen LogP contribution >= 0.6 is 0 Å². The molecule has 0 aliphatic carbocycles. The van der Waals surface area contributed by atoms with Crippen LogP contribution in [0.4, 0.5) is 0 Å². The van der Waals surface area contributed by atoms with Crippen LogP contribution in [0.5, 0.6) is 0 Å². The van der Waals surface area contributed by atoms with E-state index in [0.29, 0.717) is 29.9 Å². The van der Waals surface area contributed by atoms with Crippen molar-refractivity contribution in [2.24, 2.45) is 0 Å². The number of esters is 1.